The third-order valence-electron chi connectivity index (χ3n) is 12.7. The van der Waals surface area contributed by atoms with E-state index in [2.05, 4.69) is 207 Å². The standard InChI is InChI=1S/C57H39NO2/c1-57(2)49-23-13-11-20-43(49)44-31-29-40(33-50(44)57)58(39-27-25-37(26-28-39)36-15-5-3-6-16-36)41-30-32-45-48-35-53-54(47-22-12-14-24-51(47)59-53)55(56(48)60-52(45)34-41)46-21-10-9-19-42(46)38-17-7-4-8-18-38/h3-35H,1-2H3. The molecule has 3 nitrogen and oxygen atoms in total. The molecule has 1 aliphatic rings. The molecule has 0 radical (unpaired) electrons. The molecule has 0 spiro atoms. The number of anilines is 3. The smallest absolute Gasteiger partial charge is 0.144 e. The lowest BCUT2D eigenvalue weighted by atomic mass is 9.82. The van der Waals surface area contributed by atoms with E-state index in [4.69, 9.17) is 8.83 Å². The third kappa shape index (κ3) is 5.22. The lowest BCUT2D eigenvalue weighted by molar-refractivity contribution is 0.660. The molecule has 0 fully saturated rings. The summed E-state index contributed by atoms with van der Waals surface area (Å²) in [4.78, 5) is 2.37. The predicted octanol–water partition coefficient (Wildman–Crippen LogP) is 16.3. The molecular formula is C57H39NO2. The molecule has 0 unspecified atom stereocenters. The van der Waals surface area contributed by atoms with Gasteiger partial charge in [0.05, 0.1) is 0 Å². The fourth-order valence-corrected chi connectivity index (χ4v) is 9.78. The molecule has 0 saturated carbocycles. The van der Waals surface area contributed by atoms with Crippen LogP contribution < -0.4 is 4.90 Å². The zero-order valence-corrected chi connectivity index (χ0v) is 33.3. The first-order valence-electron chi connectivity index (χ1n) is 20.7. The van der Waals surface area contributed by atoms with Gasteiger partial charge in [0.25, 0.3) is 0 Å². The predicted molar refractivity (Wildman–Crippen MR) is 250 cm³/mol. The van der Waals surface area contributed by atoms with Crippen LogP contribution in [0.1, 0.15) is 25.0 Å². The zero-order valence-electron chi connectivity index (χ0n) is 33.3. The highest BCUT2D eigenvalue weighted by Crippen LogP contribution is 2.52. The maximum absolute atomic E-state index is 7.18. The van der Waals surface area contributed by atoms with Gasteiger partial charge in [-0.3, -0.25) is 0 Å². The van der Waals surface area contributed by atoms with Crippen LogP contribution in [0.15, 0.2) is 209 Å². The highest BCUT2D eigenvalue weighted by Gasteiger charge is 2.36. The number of benzene rings is 9. The Kier molecular flexibility index (Phi) is 7.58. The summed E-state index contributed by atoms with van der Waals surface area (Å²) in [6.45, 7) is 4.68. The van der Waals surface area contributed by atoms with E-state index in [9.17, 15) is 0 Å². The van der Waals surface area contributed by atoms with Crippen LogP contribution in [0.4, 0.5) is 17.1 Å². The van der Waals surface area contributed by atoms with Crippen molar-refractivity contribution in [2.75, 3.05) is 4.90 Å². The second-order valence-electron chi connectivity index (χ2n) is 16.4. The minimum atomic E-state index is -0.138. The summed E-state index contributed by atoms with van der Waals surface area (Å²) in [7, 11) is 0. The molecule has 2 aromatic heterocycles. The number of furan rings is 2. The maximum atomic E-state index is 7.18. The van der Waals surface area contributed by atoms with Gasteiger partial charge in [-0.25, -0.2) is 0 Å². The molecule has 11 aromatic rings. The molecule has 1 aliphatic carbocycles. The van der Waals surface area contributed by atoms with Gasteiger partial charge in [0.15, 0.2) is 0 Å². The summed E-state index contributed by atoms with van der Waals surface area (Å²) in [6, 6.07) is 71.7. The van der Waals surface area contributed by atoms with E-state index < -0.39 is 0 Å². The normalized spacial score (nSPS) is 13.0. The molecule has 9 aromatic carbocycles. The van der Waals surface area contributed by atoms with Crippen LogP contribution in [0, 0.1) is 0 Å². The number of rotatable bonds is 6. The van der Waals surface area contributed by atoms with Gasteiger partial charge < -0.3 is 13.7 Å². The molecule has 0 atom stereocenters. The second-order valence-corrected chi connectivity index (χ2v) is 16.4. The van der Waals surface area contributed by atoms with Gasteiger partial charge in [-0.2, -0.15) is 0 Å². The molecule has 0 aliphatic heterocycles. The minimum absolute atomic E-state index is 0.138. The third-order valence-corrected chi connectivity index (χ3v) is 12.7. The largest absolute Gasteiger partial charge is 0.456 e. The van der Waals surface area contributed by atoms with Crippen LogP contribution in [0.3, 0.4) is 0 Å². The van der Waals surface area contributed by atoms with Crippen LogP contribution in [-0.2, 0) is 5.41 Å². The molecule has 0 bridgehead atoms. The Bertz CT molecular complexity index is 3450. The Morgan fingerprint density at radius 3 is 1.77 bits per heavy atom. The summed E-state index contributed by atoms with van der Waals surface area (Å²) in [5, 5.41) is 4.19. The Morgan fingerprint density at radius 2 is 0.967 bits per heavy atom. The van der Waals surface area contributed by atoms with Gasteiger partial charge in [-0.1, -0.05) is 159 Å². The first-order valence-corrected chi connectivity index (χ1v) is 20.7. The first-order chi connectivity index (χ1) is 29.5. The molecule has 0 saturated heterocycles. The molecule has 12 rings (SSSR count). The van der Waals surface area contributed by atoms with Crippen LogP contribution >= 0.6 is 0 Å². The van der Waals surface area contributed by atoms with Gasteiger partial charge >= 0.3 is 0 Å². The number of hydrogen-bond donors (Lipinski definition) is 0. The van der Waals surface area contributed by atoms with Crippen molar-refractivity contribution in [3.63, 3.8) is 0 Å². The fraction of sp³-hybridized carbons (Fsp3) is 0.0526. The van der Waals surface area contributed by atoms with Crippen molar-refractivity contribution in [3.05, 3.63) is 211 Å². The Labute approximate surface area is 348 Å². The highest BCUT2D eigenvalue weighted by molar-refractivity contribution is 6.24. The number of para-hydroxylation sites is 1. The van der Waals surface area contributed by atoms with Crippen molar-refractivity contribution in [3.8, 4) is 44.5 Å². The van der Waals surface area contributed by atoms with Crippen LogP contribution in [0.2, 0.25) is 0 Å². The van der Waals surface area contributed by atoms with Gasteiger partial charge in [0.2, 0.25) is 0 Å². The summed E-state index contributed by atoms with van der Waals surface area (Å²) in [5.74, 6) is 0. The molecule has 284 valence electrons. The number of hydrogen-bond acceptors (Lipinski definition) is 3. The van der Waals surface area contributed by atoms with E-state index in [0.29, 0.717) is 0 Å². The molecule has 3 heteroatoms. The molecule has 60 heavy (non-hydrogen) atoms. The van der Waals surface area contributed by atoms with Crippen LogP contribution in [0.5, 0.6) is 0 Å². The average Bonchev–Trinajstić information content (AvgIpc) is 3.93. The van der Waals surface area contributed by atoms with E-state index in [1.165, 1.54) is 33.4 Å². The fourth-order valence-electron chi connectivity index (χ4n) is 9.78. The van der Waals surface area contributed by atoms with Crippen molar-refractivity contribution in [2.24, 2.45) is 0 Å². The quantitative estimate of drug-likeness (QED) is 0.169. The summed E-state index contributed by atoms with van der Waals surface area (Å²) in [6.07, 6.45) is 0. The van der Waals surface area contributed by atoms with E-state index in [0.717, 1.165) is 83.2 Å². The Balaban J connectivity index is 1.08. The van der Waals surface area contributed by atoms with E-state index in [1.807, 2.05) is 12.1 Å². The van der Waals surface area contributed by atoms with E-state index in [-0.39, 0.29) is 5.41 Å². The van der Waals surface area contributed by atoms with E-state index in [1.54, 1.807) is 0 Å². The SMILES string of the molecule is CC1(C)c2ccccc2-c2ccc(N(c3ccc(-c4ccccc4)cc3)c3ccc4c(c3)oc3c(-c5ccccc5-c5ccccc5)c5c(cc34)oc3ccccc35)cc21. The maximum Gasteiger partial charge on any atom is 0.144 e. The molecule has 0 N–H and O–H groups in total. The molecule has 0 amide bonds. The number of fused-ring (bicyclic) bond motifs is 9. The lowest BCUT2D eigenvalue weighted by Gasteiger charge is -2.28. The topological polar surface area (TPSA) is 29.5 Å². The molecular weight excluding hydrogens is 731 g/mol. The molecule has 2 heterocycles. The number of nitrogens with zero attached hydrogens (tertiary/aromatic N) is 1. The van der Waals surface area contributed by atoms with Crippen molar-refractivity contribution >= 4 is 60.9 Å². The van der Waals surface area contributed by atoms with Gasteiger partial charge in [-0.05, 0) is 98.6 Å². The summed E-state index contributed by atoms with van der Waals surface area (Å²) < 4.78 is 13.8. The Morgan fingerprint density at radius 1 is 0.367 bits per heavy atom. The zero-order chi connectivity index (χ0) is 40.0. The lowest BCUT2D eigenvalue weighted by Crippen LogP contribution is -2.16. The van der Waals surface area contributed by atoms with Gasteiger partial charge in [-0.15, -0.1) is 0 Å². The van der Waals surface area contributed by atoms with Crippen LogP contribution in [0.25, 0.3) is 88.4 Å². The van der Waals surface area contributed by atoms with Crippen molar-refractivity contribution in [2.45, 2.75) is 19.3 Å². The second kappa shape index (κ2) is 13.2. The highest BCUT2D eigenvalue weighted by atomic mass is 16.3. The van der Waals surface area contributed by atoms with Crippen LogP contribution in [-0.4, -0.2) is 0 Å². The summed E-state index contributed by atoms with van der Waals surface area (Å²) in [5.41, 5.74) is 18.5. The van der Waals surface area contributed by atoms with Crippen molar-refractivity contribution < 1.29 is 8.83 Å². The summed E-state index contributed by atoms with van der Waals surface area (Å²) >= 11 is 0. The monoisotopic (exact) mass is 769 g/mol. The van der Waals surface area contributed by atoms with Crippen molar-refractivity contribution in [1.82, 2.24) is 0 Å². The average molecular weight is 770 g/mol. The van der Waals surface area contributed by atoms with E-state index >= 15 is 0 Å². The van der Waals surface area contributed by atoms with Gasteiger partial charge in [0.1, 0.15) is 22.3 Å². The van der Waals surface area contributed by atoms with Gasteiger partial charge in [0, 0.05) is 55.7 Å². The first kappa shape index (κ1) is 34.4. The van der Waals surface area contributed by atoms with Crippen molar-refractivity contribution in [1.29, 1.82) is 0 Å². The Hall–Kier alpha value is -7.62. The minimum Gasteiger partial charge on any atom is -0.456 e.